The Balaban J connectivity index is 1.93. The maximum absolute atomic E-state index is 12.0. The van der Waals surface area contributed by atoms with Crippen LogP contribution < -0.4 is 16.6 Å². The predicted molar refractivity (Wildman–Crippen MR) is 78.4 cm³/mol. The number of carbonyl (C=O) groups is 1. The van der Waals surface area contributed by atoms with Gasteiger partial charge in [0.05, 0.1) is 0 Å². The summed E-state index contributed by atoms with van der Waals surface area (Å²) >= 11 is 0. The molecule has 1 aromatic heterocycles. The van der Waals surface area contributed by atoms with Gasteiger partial charge in [0.2, 0.25) is 5.91 Å². The molecule has 110 valence electrons. The fraction of sp³-hybridized carbons (Fsp3) is 0.571. The Labute approximate surface area is 118 Å². The summed E-state index contributed by atoms with van der Waals surface area (Å²) in [5, 5.41) is 2.92. The molecule has 1 aliphatic rings. The molecule has 6 heteroatoms. The van der Waals surface area contributed by atoms with Crippen molar-refractivity contribution in [1.82, 2.24) is 14.8 Å². The number of nitrogen functional groups attached to an aromatic ring is 1. The van der Waals surface area contributed by atoms with Gasteiger partial charge in [0.1, 0.15) is 6.54 Å². The number of carbonyl (C=O) groups excluding carboxylic acids is 1. The zero-order chi connectivity index (χ0) is 14.8. The van der Waals surface area contributed by atoms with Gasteiger partial charge >= 0.3 is 0 Å². The van der Waals surface area contributed by atoms with Crippen molar-refractivity contribution in [2.45, 2.75) is 31.3 Å². The van der Waals surface area contributed by atoms with Gasteiger partial charge in [-0.15, -0.1) is 0 Å². The van der Waals surface area contributed by atoms with E-state index in [0.717, 1.165) is 12.8 Å². The molecule has 0 aliphatic heterocycles. The lowest BCUT2D eigenvalue weighted by Gasteiger charge is -2.47. The Morgan fingerprint density at radius 2 is 2.15 bits per heavy atom. The van der Waals surface area contributed by atoms with Gasteiger partial charge in [0.25, 0.3) is 5.56 Å². The van der Waals surface area contributed by atoms with E-state index in [1.54, 1.807) is 0 Å². The maximum Gasteiger partial charge on any atom is 0.251 e. The SMILES string of the molecule is CN(C)C1(CNC(=O)Cn2cc(N)ccc2=O)CCC1. The molecule has 6 nitrogen and oxygen atoms in total. The molecule has 1 aromatic rings. The standard InChI is InChI=1S/C14H22N4O2/c1-17(2)14(6-3-7-14)10-16-12(19)9-18-8-11(15)4-5-13(18)20/h4-5,8H,3,6-7,9-10,15H2,1-2H3,(H,16,19). The first-order valence-corrected chi connectivity index (χ1v) is 6.83. The summed E-state index contributed by atoms with van der Waals surface area (Å²) in [5.41, 5.74) is 5.95. The molecular formula is C14H22N4O2. The van der Waals surface area contributed by atoms with E-state index in [4.69, 9.17) is 5.73 Å². The maximum atomic E-state index is 12.0. The Hall–Kier alpha value is -1.82. The second kappa shape index (κ2) is 5.66. The highest BCUT2D eigenvalue weighted by Crippen LogP contribution is 2.35. The van der Waals surface area contributed by atoms with Crippen LogP contribution in [0.15, 0.2) is 23.1 Å². The second-order valence-electron chi connectivity index (χ2n) is 5.68. The number of nitrogens with one attached hydrogen (secondary N) is 1. The van der Waals surface area contributed by atoms with Crippen LogP contribution in [-0.2, 0) is 11.3 Å². The van der Waals surface area contributed by atoms with E-state index >= 15 is 0 Å². The lowest BCUT2D eigenvalue weighted by Crippen LogP contribution is -2.57. The largest absolute Gasteiger partial charge is 0.398 e. The van der Waals surface area contributed by atoms with Gasteiger partial charge in [-0.2, -0.15) is 0 Å². The van der Waals surface area contributed by atoms with Gasteiger partial charge in [0.15, 0.2) is 0 Å². The van der Waals surface area contributed by atoms with Crippen LogP contribution in [0.1, 0.15) is 19.3 Å². The van der Waals surface area contributed by atoms with Crippen LogP contribution in [0, 0.1) is 0 Å². The summed E-state index contributed by atoms with van der Waals surface area (Å²) in [7, 11) is 4.07. The molecule has 1 heterocycles. The lowest BCUT2D eigenvalue weighted by molar-refractivity contribution is -0.122. The Morgan fingerprint density at radius 1 is 1.45 bits per heavy atom. The average molecular weight is 278 g/mol. The molecular weight excluding hydrogens is 256 g/mol. The minimum atomic E-state index is -0.222. The van der Waals surface area contributed by atoms with Crippen LogP contribution in [0.25, 0.3) is 0 Å². The van der Waals surface area contributed by atoms with Crippen molar-refractivity contribution in [3.8, 4) is 0 Å². The summed E-state index contributed by atoms with van der Waals surface area (Å²) in [6.45, 7) is 0.628. The van der Waals surface area contributed by atoms with Crippen LogP contribution in [0.4, 0.5) is 5.69 Å². The first kappa shape index (κ1) is 14.6. The highest BCUT2D eigenvalue weighted by Gasteiger charge is 2.39. The van der Waals surface area contributed by atoms with E-state index in [2.05, 4.69) is 10.2 Å². The quantitative estimate of drug-likeness (QED) is 0.796. The first-order valence-electron chi connectivity index (χ1n) is 6.83. The third kappa shape index (κ3) is 3.01. The number of aromatic nitrogens is 1. The monoisotopic (exact) mass is 278 g/mol. The van der Waals surface area contributed by atoms with Gasteiger partial charge in [-0.25, -0.2) is 0 Å². The van der Waals surface area contributed by atoms with Gasteiger partial charge < -0.3 is 20.5 Å². The van der Waals surface area contributed by atoms with E-state index in [-0.39, 0.29) is 23.6 Å². The summed E-state index contributed by atoms with van der Waals surface area (Å²) in [6, 6.07) is 2.90. The van der Waals surface area contributed by atoms with Crippen LogP contribution in [-0.4, -0.2) is 41.6 Å². The molecule has 0 unspecified atom stereocenters. The van der Waals surface area contributed by atoms with Gasteiger partial charge in [-0.05, 0) is 39.4 Å². The van der Waals surface area contributed by atoms with Crippen molar-refractivity contribution in [3.05, 3.63) is 28.7 Å². The minimum absolute atomic E-state index is 0.00732. The highest BCUT2D eigenvalue weighted by atomic mass is 16.2. The molecule has 0 aromatic carbocycles. The number of likely N-dealkylation sites (N-methyl/N-ethyl adjacent to an activating group) is 1. The fourth-order valence-corrected chi connectivity index (χ4v) is 2.51. The Bertz CT molecular complexity index is 546. The van der Waals surface area contributed by atoms with E-state index in [0.29, 0.717) is 12.2 Å². The molecule has 3 N–H and O–H groups in total. The zero-order valence-electron chi connectivity index (χ0n) is 12.1. The molecule has 0 spiro atoms. The smallest absolute Gasteiger partial charge is 0.251 e. The third-order valence-corrected chi connectivity index (χ3v) is 4.17. The molecule has 0 bridgehead atoms. The highest BCUT2D eigenvalue weighted by molar-refractivity contribution is 5.75. The molecule has 1 fully saturated rings. The minimum Gasteiger partial charge on any atom is -0.398 e. The van der Waals surface area contributed by atoms with E-state index in [9.17, 15) is 9.59 Å². The van der Waals surface area contributed by atoms with Crippen molar-refractivity contribution in [3.63, 3.8) is 0 Å². The molecule has 1 amide bonds. The number of hydrogen-bond acceptors (Lipinski definition) is 4. The summed E-state index contributed by atoms with van der Waals surface area (Å²) in [4.78, 5) is 25.7. The van der Waals surface area contributed by atoms with Crippen molar-refractivity contribution in [2.24, 2.45) is 0 Å². The second-order valence-corrected chi connectivity index (χ2v) is 5.68. The molecule has 0 atom stereocenters. The Kier molecular flexibility index (Phi) is 4.13. The molecule has 1 saturated carbocycles. The Morgan fingerprint density at radius 3 is 2.70 bits per heavy atom. The topological polar surface area (TPSA) is 80.4 Å². The first-order chi connectivity index (χ1) is 9.43. The molecule has 0 radical (unpaired) electrons. The van der Waals surface area contributed by atoms with Gasteiger partial charge in [0, 0.05) is 30.0 Å². The number of nitrogens with zero attached hydrogens (tertiary/aromatic N) is 2. The van der Waals surface area contributed by atoms with E-state index in [1.165, 1.54) is 29.3 Å². The number of rotatable bonds is 5. The van der Waals surface area contributed by atoms with Crippen LogP contribution in [0.5, 0.6) is 0 Å². The molecule has 2 rings (SSSR count). The van der Waals surface area contributed by atoms with Crippen LogP contribution in [0.3, 0.4) is 0 Å². The van der Waals surface area contributed by atoms with Crippen molar-refractivity contribution in [1.29, 1.82) is 0 Å². The zero-order valence-corrected chi connectivity index (χ0v) is 12.1. The van der Waals surface area contributed by atoms with Crippen LogP contribution in [0.2, 0.25) is 0 Å². The number of hydrogen-bond donors (Lipinski definition) is 2. The van der Waals surface area contributed by atoms with Crippen molar-refractivity contribution in [2.75, 3.05) is 26.4 Å². The van der Waals surface area contributed by atoms with Gasteiger partial charge in [-0.1, -0.05) is 0 Å². The number of amides is 1. The number of nitrogens with two attached hydrogens (primary N) is 1. The van der Waals surface area contributed by atoms with Crippen LogP contribution >= 0.6 is 0 Å². The molecule has 0 saturated heterocycles. The summed E-state index contributed by atoms with van der Waals surface area (Å²) < 4.78 is 1.33. The third-order valence-electron chi connectivity index (χ3n) is 4.17. The van der Waals surface area contributed by atoms with Crippen molar-refractivity contribution < 1.29 is 4.79 Å². The van der Waals surface area contributed by atoms with E-state index in [1.807, 2.05) is 14.1 Å². The molecule has 1 aliphatic carbocycles. The normalized spacial score (nSPS) is 16.8. The van der Waals surface area contributed by atoms with Crippen molar-refractivity contribution >= 4 is 11.6 Å². The predicted octanol–water partition coefficient (Wildman–Crippen LogP) is 0.0310. The van der Waals surface area contributed by atoms with Gasteiger partial charge in [-0.3, -0.25) is 9.59 Å². The number of anilines is 1. The fourth-order valence-electron chi connectivity index (χ4n) is 2.51. The summed E-state index contributed by atoms with van der Waals surface area (Å²) in [6.07, 6.45) is 4.88. The lowest BCUT2D eigenvalue weighted by atomic mass is 9.75. The molecule has 20 heavy (non-hydrogen) atoms. The number of pyridine rings is 1. The summed E-state index contributed by atoms with van der Waals surface area (Å²) in [5.74, 6) is -0.161. The van der Waals surface area contributed by atoms with E-state index < -0.39 is 0 Å². The average Bonchev–Trinajstić information content (AvgIpc) is 2.32.